The summed E-state index contributed by atoms with van der Waals surface area (Å²) in [5.41, 5.74) is 13.5. The number of nitrogens with two attached hydrogens (primary N) is 1. The Bertz CT molecular complexity index is 1700. The fourth-order valence-electron chi connectivity index (χ4n) is 4.51. The lowest BCUT2D eigenvalue weighted by atomic mass is 9.99. The lowest BCUT2D eigenvalue weighted by molar-refractivity contribution is 0.103. The van der Waals surface area contributed by atoms with Crippen LogP contribution < -0.4 is 5.73 Å². The minimum atomic E-state index is -0.455. The molecule has 0 spiro atoms. The number of imidazole rings is 1. The Balaban J connectivity index is 1.27. The maximum Gasteiger partial charge on any atom is 0.194 e. The summed E-state index contributed by atoms with van der Waals surface area (Å²) < 4.78 is 15.1. The van der Waals surface area contributed by atoms with Gasteiger partial charge >= 0.3 is 0 Å². The van der Waals surface area contributed by atoms with E-state index in [0.29, 0.717) is 17.6 Å². The number of hydrogen-bond acceptors (Lipinski definition) is 4. The zero-order chi connectivity index (χ0) is 24.3. The van der Waals surface area contributed by atoms with E-state index in [-0.39, 0.29) is 16.6 Å². The summed E-state index contributed by atoms with van der Waals surface area (Å²) in [6, 6.07) is 16.2. The lowest BCUT2D eigenvalue weighted by Crippen LogP contribution is -2.08. The molecule has 1 aliphatic rings. The third kappa shape index (κ3) is 3.61. The van der Waals surface area contributed by atoms with Crippen LogP contribution >= 0.6 is 11.6 Å². The molecule has 3 aromatic carbocycles. The van der Waals surface area contributed by atoms with Gasteiger partial charge in [0.2, 0.25) is 0 Å². The summed E-state index contributed by atoms with van der Waals surface area (Å²) in [5.74, 6) is 0.489. The molecule has 2 aromatic heterocycles. The Morgan fingerprint density at radius 1 is 1.11 bits per heavy atom. The molecule has 0 atom stereocenters. The summed E-state index contributed by atoms with van der Waals surface area (Å²) >= 11 is 5.95. The molecule has 172 valence electrons. The highest BCUT2D eigenvalue weighted by atomic mass is 35.5. The van der Waals surface area contributed by atoms with Crippen molar-refractivity contribution in [3.63, 3.8) is 0 Å². The van der Waals surface area contributed by atoms with Crippen LogP contribution in [0.25, 0.3) is 33.9 Å². The van der Waals surface area contributed by atoms with Gasteiger partial charge in [0.05, 0.1) is 33.5 Å². The number of carbonyl (C=O) groups excluding carboxylic acids is 1. The Hall–Kier alpha value is -4.23. The predicted molar refractivity (Wildman–Crippen MR) is 135 cm³/mol. The molecule has 0 saturated carbocycles. The van der Waals surface area contributed by atoms with Crippen molar-refractivity contribution in [2.24, 2.45) is 0 Å². The minimum Gasteiger partial charge on any atom is -0.383 e. The number of halogens is 2. The number of anilines is 1. The smallest absolute Gasteiger partial charge is 0.194 e. The van der Waals surface area contributed by atoms with Gasteiger partial charge in [-0.3, -0.25) is 4.79 Å². The van der Waals surface area contributed by atoms with Crippen molar-refractivity contribution in [1.29, 1.82) is 0 Å². The number of fused-ring (bicyclic) bond motifs is 2. The minimum absolute atomic E-state index is 0.0753. The normalized spacial score (nSPS) is 12.7. The van der Waals surface area contributed by atoms with Gasteiger partial charge in [0.1, 0.15) is 17.5 Å². The molecule has 3 N–H and O–H groups in total. The Morgan fingerprint density at radius 2 is 1.91 bits per heavy atom. The Morgan fingerprint density at radius 3 is 2.74 bits per heavy atom. The fraction of sp³-hybridized carbons (Fsp3) is 0.0741. The topological polar surface area (TPSA) is 89.6 Å². The van der Waals surface area contributed by atoms with Crippen molar-refractivity contribution in [2.75, 3.05) is 5.73 Å². The molecular formula is C27H19ClFN5O. The van der Waals surface area contributed by atoms with Gasteiger partial charge in [0.15, 0.2) is 5.78 Å². The standard InChI is InChI=1S/C27H19ClFN5O/c1-14-32-24-7-5-20(12-25(24)33-14)34-27(30)21(13-31-34)26(35)19-9-16-3-2-15(8-18(16)10-19)17-4-6-23(29)22(28)11-17/h2-9,11-13H,10,30H2,1H3,(H,32,33). The quantitative estimate of drug-likeness (QED) is 0.310. The second-order valence-electron chi connectivity index (χ2n) is 8.60. The zero-order valence-electron chi connectivity index (χ0n) is 18.6. The maximum absolute atomic E-state index is 13.5. The van der Waals surface area contributed by atoms with Gasteiger partial charge in [-0.05, 0) is 65.6 Å². The molecule has 0 bridgehead atoms. The lowest BCUT2D eigenvalue weighted by Gasteiger charge is -2.07. The number of aromatic amines is 1. The number of aromatic nitrogens is 4. The van der Waals surface area contributed by atoms with Crippen LogP contribution in [0.1, 0.15) is 27.3 Å². The van der Waals surface area contributed by atoms with Crippen LogP contribution in [0.2, 0.25) is 5.02 Å². The second-order valence-corrected chi connectivity index (χ2v) is 9.00. The third-order valence-electron chi connectivity index (χ3n) is 6.28. The Kier molecular flexibility index (Phi) is 4.82. The van der Waals surface area contributed by atoms with Gasteiger partial charge in [-0.1, -0.05) is 35.9 Å². The Labute approximate surface area is 204 Å². The van der Waals surface area contributed by atoms with Gasteiger partial charge in [-0.15, -0.1) is 0 Å². The van der Waals surface area contributed by atoms with Crippen LogP contribution in [0.15, 0.2) is 66.4 Å². The number of nitrogen functional groups attached to an aromatic ring is 1. The van der Waals surface area contributed by atoms with Gasteiger partial charge < -0.3 is 10.7 Å². The molecule has 0 saturated heterocycles. The SMILES string of the molecule is Cc1nc2ccc(-n3ncc(C(=O)C4=Cc5ccc(-c6ccc(F)c(Cl)c6)cc5C4)c3N)cc2[nH]1. The van der Waals surface area contributed by atoms with Gasteiger partial charge in [-0.25, -0.2) is 14.1 Å². The number of Topliss-reactive ketones (excluding diaryl/α,β-unsaturated/α-hetero) is 1. The number of carbonyl (C=O) groups is 1. The number of nitrogens with zero attached hydrogens (tertiary/aromatic N) is 3. The number of H-pyrrole nitrogens is 1. The fourth-order valence-corrected chi connectivity index (χ4v) is 4.69. The number of hydrogen-bond donors (Lipinski definition) is 2. The van der Waals surface area contributed by atoms with Gasteiger partial charge in [0.25, 0.3) is 0 Å². The number of nitrogens with one attached hydrogen (secondary N) is 1. The predicted octanol–water partition coefficient (Wildman–Crippen LogP) is 5.92. The number of benzene rings is 3. The summed E-state index contributed by atoms with van der Waals surface area (Å²) in [7, 11) is 0. The van der Waals surface area contributed by atoms with E-state index in [0.717, 1.165) is 44.8 Å². The highest BCUT2D eigenvalue weighted by Gasteiger charge is 2.24. The molecule has 1 aliphatic carbocycles. The molecule has 0 unspecified atom stereocenters. The van der Waals surface area contributed by atoms with E-state index in [1.165, 1.54) is 12.3 Å². The van der Waals surface area contributed by atoms with Crippen molar-refractivity contribution in [3.8, 4) is 16.8 Å². The molecular weight excluding hydrogens is 465 g/mol. The van der Waals surface area contributed by atoms with Crippen LogP contribution in [0, 0.1) is 12.7 Å². The van der Waals surface area contributed by atoms with Gasteiger partial charge in [-0.2, -0.15) is 5.10 Å². The molecule has 8 heteroatoms. The number of rotatable bonds is 4. The van der Waals surface area contributed by atoms with E-state index in [9.17, 15) is 9.18 Å². The first kappa shape index (κ1) is 21.3. The number of allylic oxidation sites excluding steroid dienone is 1. The summed E-state index contributed by atoms with van der Waals surface area (Å²) in [6.07, 6.45) is 3.87. The average Bonchev–Trinajstić information content (AvgIpc) is 3.54. The molecule has 0 fully saturated rings. The average molecular weight is 484 g/mol. The highest BCUT2D eigenvalue weighted by Crippen LogP contribution is 2.33. The van der Waals surface area contributed by atoms with Crippen LogP contribution in [-0.4, -0.2) is 25.5 Å². The van der Waals surface area contributed by atoms with E-state index in [2.05, 4.69) is 15.1 Å². The van der Waals surface area contributed by atoms with Crippen molar-refractivity contribution in [3.05, 3.63) is 99.7 Å². The largest absolute Gasteiger partial charge is 0.383 e. The van der Waals surface area contributed by atoms with Crippen LogP contribution in [0.3, 0.4) is 0 Å². The van der Waals surface area contributed by atoms with E-state index in [1.54, 1.807) is 16.8 Å². The second kappa shape index (κ2) is 7.92. The molecule has 2 heterocycles. The summed E-state index contributed by atoms with van der Waals surface area (Å²) in [6.45, 7) is 1.89. The van der Waals surface area contributed by atoms with E-state index in [4.69, 9.17) is 17.3 Å². The zero-order valence-corrected chi connectivity index (χ0v) is 19.4. The van der Waals surface area contributed by atoms with Crippen molar-refractivity contribution >= 4 is 40.3 Å². The van der Waals surface area contributed by atoms with Crippen molar-refractivity contribution in [2.45, 2.75) is 13.3 Å². The molecule has 0 radical (unpaired) electrons. The van der Waals surface area contributed by atoms with E-state index < -0.39 is 5.82 Å². The molecule has 6 rings (SSSR count). The van der Waals surface area contributed by atoms with Crippen LogP contribution in [0.4, 0.5) is 10.2 Å². The molecule has 0 aliphatic heterocycles. The molecule has 6 nitrogen and oxygen atoms in total. The van der Waals surface area contributed by atoms with Crippen LogP contribution in [0.5, 0.6) is 0 Å². The maximum atomic E-state index is 13.5. The first-order valence-corrected chi connectivity index (χ1v) is 11.4. The number of ketones is 1. The molecule has 5 aromatic rings. The van der Waals surface area contributed by atoms with E-state index in [1.807, 2.05) is 49.4 Å². The summed E-state index contributed by atoms with van der Waals surface area (Å²) in [4.78, 5) is 21.0. The molecule has 35 heavy (non-hydrogen) atoms. The molecule has 0 amide bonds. The first-order chi connectivity index (χ1) is 16.9. The van der Waals surface area contributed by atoms with Crippen molar-refractivity contribution in [1.82, 2.24) is 19.7 Å². The third-order valence-corrected chi connectivity index (χ3v) is 6.57. The van der Waals surface area contributed by atoms with Crippen molar-refractivity contribution < 1.29 is 9.18 Å². The monoisotopic (exact) mass is 483 g/mol. The van der Waals surface area contributed by atoms with E-state index >= 15 is 0 Å². The van der Waals surface area contributed by atoms with Gasteiger partial charge in [0, 0.05) is 12.0 Å². The van der Waals surface area contributed by atoms with Crippen LogP contribution in [-0.2, 0) is 6.42 Å². The first-order valence-electron chi connectivity index (χ1n) is 11.0. The number of aryl methyl sites for hydroxylation is 1. The summed E-state index contributed by atoms with van der Waals surface area (Å²) in [5, 5.41) is 4.45. The highest BCUT2D eigenvalue weighted by molar-refractivity contribution is 6.31.